The van der Waals surface area contributed by atoms with E-state index in [2.05, 4.69) is 15.5 Å². The first-order valence-corrected chi connectivity index (χ1v) is 10.4. The molecule has 10 heteroatoms. The molecule has 1 aliphatic rings. The quantitative estimate of drug-likeness (QED) is 0.800. The average molecular weight is 396 g/mol. The number of hydrogen-bond donors (Lipinski definition) is 1. The second kappa shape index (κ2) is 8.47. The Morgan fingerprint density at radius 1 is 1.19 bits per heavy atom. The Balaban J connectivity index is 1.54. The SMILES string of the molecule is O=C(NCCc1nnc(S(=O)(=O)Cc2ccccc2F)o1)N1CCCCC1. The third kappa shape index (κ3) is 5.03. The van der Waals surface area contributed by atoms with E-state index in [1.807, 2.05) is 0 Å². The van der Waals surface area contributed by atoms with Crippen molar-refractivity contribution >= 4 is 15.9 Å². The number of halogens is 1. The molecule has 27 heavy (non-hydrogen) atoms. The summed E-state index contributed by atoms with van der Waals surface area (Å²) in [6, 6.07) is 5.46. The maximum atomic E-state index is 13.7. The molecule has 0 spiro atoms. The zero-order chi connectivity index (χ0) is 19.3. The number of carbonyl (C=O) groups is 1. The third-order valence-electron chi connectivity index (χ3n) is 4.28. The standard InChI is InChI=1S/C17H21FN4O4S/c18-14-7-3-2-6-13(14)12-27(24,25)17-21-20-15(26-17)8-9-19-16(23)22-10-4-1-5-11-22/h2-3,6-7H,1,4-5,8-12H2,(H,19,23). The monoisotopic (exact) mass is 396 g/mol. The second-order valence-corrected chi connectivity index (χ2v) is 8.21. The van der Waals surface area contributed by atoms with Crippen LogP contribution in [-0.4, -0.2) is 49.2 Å². The Morgan fingerprint density at radius 2 is 1.93 bits per heavy atom. The van der Waals surface area contributed by atoms with Crippen LogP contribution in [0.5, 0.6) is 0 Å². The van der Waals surface area contributed by atoms with Crippen molar-refractivity contribution in [1.29, 1.82) is 0 Å². The maximum Gasteiger partial charge on any atom is 0.335 e. The van der Waals surface area contributed by atoms with Crippen molar-refractivity contribution < 1.29 is 22.0 Å². The van der Waals surface area contributed by atoms with Gasteiger partial charge in [-0.3, -0.25) is 0 Å². The van der Waals surface area contributed by atoms with E-state index in [0.29, 0.717) is 0 Å². The van der Waals surface area contributed by atoms with Crippen LogP contribution in [0.3, 0.4) is 0 Å². The lowest BCUT2D eigenvalue weighted by molar-refractivity contribution is 0.186. The largest absolute Gasteiger partial charge is 0.412 e. The molecule has 2 amide bonds. The van der Waals surface area contributed by atoms with Gasteiger partial charge in [0.05, 0.1) is 5.75 Å². The number of nitrogens with zero attached hydrogens (tertiary/aromatic N) is 3. The molecule has 2 aromatic rings. The zero-order valence-electron chi connectivity index (χ0n) is 14.7. The van der Waals surface area contributed by atoms with Gasteiger partial charge in [-0.05, 0) is 25.3 Å². The Bertz CT molecular complexity index is 894. The van der Waals surface area contributed by atoms with Gasteiger partial charge >= 0.3 is 11.3 Å². The van der Waals surface area contributed by atoms with Crippen molar-refractivity contribution in [3.63, 3.8) is 0 Å². The van der Waals surface area contributed by atoms with Crippen LogP contribution in [0.1, 0.15) is 30.7 Å². The van der Waals surface area contributed by atoms with E-state index in [4.69, 9.17) is 4.42 Å². The van der Waals surface area contributed by atoms with E-state index in [0.717, 1.165) is 32.4 Å². The predicted molar refractivity (Wildman–Crippen MR) is 94.1 cm³/mol. The van der Waals surface area contributed by atoms with Crippen molar-refractivity contribution in [2.24, 2.45) is 0 Å². The van der Waals surface area contributed by atoms with Gasteiger partial charge in [-0.15, -0.1) is 5.10 Å². The predicted octanol–water partition coefficient (Wildman–Crippen LogP) is 1.92. The van der Waals surface area contributed by atoms with E-state index in [1.165, 1.54) is 18.2 Å². The highest BCUT2D eigenvalue weighted by atomic mass is 32.2. The topological polar surface area (TPSA) is 105 Å². The maximum absolute atomic E-state index is 13.7. The number of sulfone groups is 1. The lowest BCUT2D eigenvalue weighted by Gasteiger charge is -2.26. The summed E-state index contributed by atoms with van der Waals surface area (Å²) < 4.78 is 43.5. The first-order valence-electron chi connectivity index (χ1n) is 8.77. The zero-order valence-corrected chi connectivity index (χ0v) is 15.5. The average Bonchev–Trinajstić information content (AvgIpc) is 3.14. The summed E-state index contributed by atoms with van der Waals surface area (Å²) in [5.74, 6) is -1.07. The molecule has 3 rings (SSSR count). The normalized spacial score (nSPS) is 14.9. The van der Waals surface area contributed by atoms with Gasteiger partial charge in [0.1, 0.15) is 5.82 Å². The molecule has 0 aliphatic carbocycles. The van der Waals surface area contributed by atoms with Crippen LogP contribution in [0.15, 0.2) is 33.9 Å². The number of piperidine rings is 1. The Morgan fingerprint density at radius 3 is 2.67 bits per heavy atom. The van der Waals surface area contributed by atoms with Crippen LogP contribution in [-0.2, 0) is 22.0 Å². The molecule has 0 radical (unpaired) electrons. The molecule has 1 aliphatic heterocycles. The number of aromatic nitrogens is 2. The number of likely N-dealkylation sites (tertiary alicyclic amines) is 1. The molecule has 1 N–H and O–H groups in total. The van der Waals surface area contributed by atoms with Gasteiger partial charge in [-0.1, -0.05) is 23.3 Å². The minimum atomic E-state index is -3.95. The molecule has 1 aromatic carbocycles. The molecule has 146 valence electrons. The number of benzene rings is 1. The van der Waals surface area contributed by atoms with Crippen LogP contribution >= 0.6 is 0 Å². The first kappa shape index (κ1) is 19.3. The summed E-state index contributed by atoms with van der Waals surface area (Å²) in [7, 11) is -3.95. The van der Waals surface area contributed by atoms with E-state index in [-0.39, 0.29) is 30.5 Å². The van der Waals surface area contributed by atoms with E-state index in [1.54, 1.807) is 11.0 Å². The smallest absolute Gasteiger partial charge is 0.335 e. The first-order chi connectivity index (χ1) is 13.0. The van der Waals surface area contributed by atoms with Crippen molar-refractivity contribution in [3.05, 3.63) is 41.5 Å². The summed E-state index contributed by atoms with van der Waals surface area (Å²) in [5, 5.41) is 9.46. The number of nitrogens with one attached hydrogen (secondary N) is 1. The Labute approximate surface area is 156 Å². The number of rotatable bonds is 6. The van der Waals surface area contributed by atoms with Gasteiger partial charge in [0.25, 0.3) is 0 Å². The highest BCUT2D eigenvalue weighted by molar-refractivity contribution is 7.90. The number of amides is 2. The summed E-state index contributed by atoms with van der Waals surface area (Å²) in [6.07, 6.45) is 3.35. The van der Waals surface area contributed by atoms with Gasteiger partial charge in [-0.2, -0.15) is 0 Å². The highest BCUT2D eigenvalue weighted by Gasteiger charge is 2.24. The van der Waals surface area contributed by atoms with E-state index >= 15 is 0 Å². The lowest BCUT2D eigenvalue weighted by Crippen LogP contribution is -2.43. The fraction of sp³-hybridized carbons (Fsp3) is 0.471. The van der Waals surface area contributed by atoms with Crippen LogP contribution in [0.2, 0.25) is 0 Å². The number of carbonyl (C=O) groups excluding carboxylic acids is 1. The van der Waals surface area contributed by atoms with Crippen molar-refractivity contribution in [2.75, 3.05) is 19.6 Å². The van der Waals surface area contributed by atoms with Crippen LogP contribution < -0.4 is 5.32 Å². The van der Waals surface area contributed by atoms with Crippen LogP contribution in [0.25, 0.3) is 0 Å². The van der Waals surface area contributed by atoms with E-state index < -0.39 is 26.6 Å². The lowest BCUT2D eigenvalue weighted by atomic mass is 10.1. The fourth-order valence-corrected chi connectivity index (χ4v) is 3.99. The number of hydrogen-bond acceptors (Lipinski definition) is 6. The fourth-order valence-electron chi connectivity index (χ4n) is 2.83. The molecular formula is C17H21FN4O4S. The van der Waals surface area contributed by atoms with Gasteiger partial charge < -0.3 is 14.6 Å². The van der Waals surface area contributed by atoms with Gasteiger partial charge in [0.15, 0.2) is 0 Å². The third-order valence-corrected chi connectivity index (χ3v) is 5.66. The summed E-state index contributed by atoms with van der Waals surface area (Å²) in [4.78, 5) is 13.8. The van der Waals surface area contributed by atoms with Gasteiger partial charge in [0.2, 0.25) is 15.7 Å². The molecular weight excluding hydrogens is 375 g/mol. The minimum absolute atomic E-state index is 0.0334. The molecule has 1 aromatic heterocycles. The molecule has 0 atom stereocenters. The summed E-state index contributed by atoms with van der Waals surface area (Å²) in [6.45, 7) is 1.74. The highest BCUT2D eigenvalue weighted by Crippen LogP contribution is 2.17. The van der Waals surface area contributed by atoms with Crippen molar-refractivity contribution in [2.45, 2.75) is 36.7 Å². The van der Waals surface area contributed by atoms with Crippen LogP contribution in [0.4, 0.5) is 9.18 Å². The summed E-state index contributed by atoms with van der Waals surface area (Å²) in [5.41, 5.74) is 0.0334. The van der Waals surface area contributed by atoms with Crippen LogP contribution in [0, 0.1) is 5.82 Å². The van der Waals surface area contributed by atoms with Gasteiger partial charge in [0, 0.05) is 31.6 Å². The molecule has 1 saturated heterocycles. The summed E-state index contributed by atoms with van der Waals surface area (Å²) >= 11 is 0. The molecule has 8 nitrogen and oxygen atoms in total. The molecule has 0 bridgehead atoms. The second-order valence-electron chi connectivity index (χ2n) is 6.34. The number of urea groups is 1. The molecule has 1 fully saturated rings. The molecule has 0 unspecified atom stereocenters. The Kier molecular flexibility index (Phi) is 6.04. The molecule has 2 heterocycles. The van der Waals surface area contributed by atoms with E-state index in [9.17, 15) is 17.6 Å². The van der Waals surface area contributed by atoms with Crippen molar-refractivity contribution in [1.82, 2.24) is 20.4 Å². The Hall–Kier alpha value is -2.49. The van der Waals surface area contributed by atoms with Gasteiger partial charge in [-0.25, -0.2) is 17.6 Å². The minimum Gasteiger partial charge on any atom is -0.412 e. The van der Waals surface area contributed by atoms with Crippen molar-refractivity contribution in [3.8, 4) is 0 Å². The molecule has 0 saturated carbocycles.